The van der Waals surface area contributed by atoms with Gasteiger partial charge in [0.15, 0.2) is 0 Å². The molecule has 182 valence electrons. The van der Waals surface area contributed by atoms with Gasteiger partial charge in [-0.3, -0.25) is 0 Å². The minimum Gasteiger partial charge on any atom is -0.476 e. The third-order valence-corrected chi connectivity index (χ3v) is 4.72. The van der Waals surface area contributed by atoms with Crippen molar-refractivity contribution in [1.82, 2.24) is 9.97 Å². The third-order valence-electron chi connectivity index (χ3n) is 4.72. The Balaban J connectivity index is 1.83. The van der Waals surface area contributed by atoms with Crippen LogP contribution in [0.3, 0.4) is 0 Å². The summed E-state index contributed by atoms with van der Waals surface area (Å²) in [6, 6.07) is 17.1. The molecule has 0 radical (unpaired) electrons. The van der Waals surface area contributed by atoms with Gasteiger partial charge in [0.05, 0.1) is 24.9 Å². The molecular formula is C22H15F9N2O. The number of hydrogen-bond donors (Lipinski definition) is 0. The van der Waals surface area contributed by atoms with Crippen molar-refractivity contribution < 1.29 is 44.3 Å². The predicted molar refractivity (Wildman–Crippen MR) is 104 cm³/mol. The minimum atomic E-state index is -6.94. The van der Waals surface area contributed by atoms with Crippen LogP contribution in [0, 0.1) is 0 Å². The molecule has 0 aliphatic carbocycles. The lowest BCUT2D eigenvalue weighted by atomic mass is 10.0. The molecule has 0 saturated heterocycles. The van der Waals surface area contributed by atoms with Crippen molar-refractivity contribution in [2.75, 3.05) is 6.61 Å². The maximum atomic E-state index is 13.7. The van der Waals surface area contributed by atoms with E-state index in [9.17, 15) is 39.5 Å². The summed E-state index contributed by atoms with van der Waals surface area (Å²) in [6.07, 6.45) is -8.01. The summed E-state index contributed by atoms with van der Waals surface area (Å²) < 4.78 is 122. The maximum Gasteiger partial charge on any atom is 0.460 e. The molecular weight excluding hydrogens is 479 g/mol. The SMILES string of the molecule is FC(F)(F)C(F)(F)C(F)(F)C(F)(F)CCOc1cnc(-c2ccccc2)c(-c2ccccc2)n1. The van der Waals surface area contributed by atoms with E-state index in [1.54, 1.807) is 60.7 Å². The highest BCUT2D eigenvalue weighted by Gasteiger charge is 2.81. The highest BCUT2D eigenvalue weighted by atomic mass is 19.4. The molecule has 0 spiro atoms. The van der Waals surface area contributed by atoms with Crippen LogP contribution in [-0.4, -0.2) is 40.5 Å². The number of halogens is 9. The van der Waals surface area contributed by atoms with Gasteiger partial charge in [-0.2, -0.15) is 39.5 Å². The molecule has 1 heterocycles. The smallest absolute Gasteiger partial charge is 0.460 e. The Morgan fingerprint density at radius 1 is 0.647 bits per heavy atom. The molecule has 3 nitrogen and oxygen atoms in total. The number of aromatic nitrogens is 2. The topological polar surface area (TPSA) is 35.0 Å². The van der Waals surface area contributed by atoms with Gasteiger partial charge >= 0.3 is 23.9 Å². The summed E-state index contributed by atoms with van der Waals surface area (Å²) >= 11 is 0. The number of alkyl halides is 9. The second-order valence-corrected chi connectivity index (χ2v) is 7.09. The fraction of sp³-hybridized carbons (Fsp3) is 0.273. The first-order valence-corrected chi connectivity index (χ1v) is 9.59. The Morgan fingerprint density at radius 3 is 1.65 bits per heavy atom. The average Bonchev–Trinajstić information content (AvgIpc) is 2.79. The first-order chi connectivity index (χ1) is 15.8. The Morgan fingerprint density at radius 2 is 1.15 bits per heavy atom. The fourth-order valence-corrected chi connectivity index (χ4v) is 2.90. The van der Waals surface area contributed by atoms with Crippen molar-refractivity contribution in [2.45, 2.75) is 30.4 Å². The zero-order chi connectivity index (χ0) is 25.2. The molecule has 0 fully saturated rings. The second kappa shape index (κ2) is 9.15. The van der Waals surface area contributed by atoms with Crippen molar-refractivity contribution in [3.05, 3.63) is 66.9 Å². The van der Waals surface area contributed by atoms with Gasteiger partial charge in [0.1, 0.15) is 5.69 Å². The Labute approximate surface area is 187 Å². The third kappa shape index (κ3) is 4.80. The highest BCUT2D eigenvalue weighted by molar-refractivity contribution is 5.77. The lowest BCUT2D eigenvalue weighted by molar-refractivity contribution is -0.397. The van der Waals surface area contributed by atoms with Crippen LogP contribution in [-0.2, 0) is 0 Å². The summed E-state index contributed by atoms with van der Waals surface area (Å²) in [5, 5.41) is 0. The number of rotatable bonds is 8. The normalized spacial score (nSPS) is 13.1. The monoisotopic (exact) mass is 494 g/mol. The van der Waals surface area contributed by atoms with E-state index < -0.39 is 42.9 Å². The van der Waals surface area contributed by atoms with Crippen molar-refractivity contribution in [2.24, 2.45) is 0 Å². The van der Waals surface area contributed by atoms with Gasteiger partial charge in [-0.05, 0) is 0 Å². The number of hydrogen-bond acceptors (Lipinski definition) is 3. The van der Waals surface area contributed by atoms with Gasteiger partial charge in [0.2, 0.25) is 5.88 Å². The largest absolute Gasteiger partial charge is 0.476 e. The molecule has 0 N–H and O–H groups in total. The van der Waals surface area contributed by atoms with E-state index in [1.165, 1.54) is 0 Å². The molecule has 12 heteroatoms. The highest BCUT2D eigenvalue weighted by Crippen LogP contribution is 2.54. The van der Waals surface area contributed by atoms with E-state index >= 15 is 0 Å². The van der Waals surface area contributed by atoms with Crippen molar-refractivity contribution in [3.8, 4) is 28.4 Å². The van der Waals surface area contributed by atoms with Gasteiger partial charge in [0, 0.05) is 11.1 Å². The molecule has 0 aliphatic heterocycles. The lowest BCUT2D eigenvalue weighted by Crippen LogP contribution is -2.61. The van der Waals surface area contributed by atoms with E-state index in [1.807, 2.05) is 0 Å². The van der Waals surface area contributed by atoms with Crippen LogP contribution in [0.4, 0.5) is 39.5 Å². The molecule has 34 heavy (non-hydrogen) atoms. The Bertz CT molecular complexity index is 1100. The Kier molecular flexibility index (Phi) is 6.81. The van der Waals surface area contributed by atoms with Gasteiger partial charge in [0.25, 0.3) is 0 Å². The van der Waals surface area contributed by atoms with Crippen LogP contribution >= 0.6 is 0 Å². The van der Waals surface area contributed by atoms with Crippen molar-refractivity contribution in [3.63, 3.8) is 0 Å². The first-order valence-electron chi connectivity index (χ1n) is 9.59. The van der Waals surface area contributed by atoms with Gasteiger partial charge in [-0.25, -0.2) is 9.97 Å². The summed E-state index contributed by atoms with van der Waals surface area (Å²) in [5.74, 6) is -19.8. The van der Waals surface area contributed by atoms with Gasteiger partial charge in [-0.1, -0.05) is 60.7 Å². The predicted octanol–water partition coefficient (Wildman–Crippen LogP) is 7.05. The van der Waals surface area contributed by atoms with E-state index in [-0.39, 0.29) is 5.69 Å². The van der Waals surface area contributed by atoms with E-state index in [4.69, 9.17) is 4.74 Å². The molecule has 3 rings (SSSR count). The van der Waals surface area contributed by atoms with Gasteiger partial charge in [-0.15, -0.1) is 0 Å². The van der Waals surface area contributed by atoms with Crippen LogP contribution in [0.5, 0.6) is 5.88 Å². The first kappa shape index (κ1) is 25.3. The molecule has 0 atom stereocenters. The van der Waals surface area contributed by atoms with E-state index in [0.717, 1.165) is 6.20 Å². The minimum absolute atomic E-state index is 0.241. The van der Waals surface area contributed by atoms with Crippen LogP contribution in [0.15, 0.2) is 66.9 Å². The molecule has 3 aromatic rings. The van der Waals surface area contributed by atoms with Crippen LogP contribution in [0.25, 0.3) is 22.5 Å². The fourth-order valence-electron chi connectivity index (χ4n) is 2.90. The molecule has 0 unspecified atom stereocenters. The van der Waals surface area contributed by atoms with Crippen molar-refractivity contribution >= 4 is 0 Å². The molecule has 0 amide bonds. The summed E-state index contributed by atoms with van der Waals surface area (Å²) in [6.45, 7) is -1.33. The van der Waals surface area contributed by atoms with Crippen molar-refractivity contribution in [1.29, 1.82) is 0 Å². The molecule has 0 aliphatic rings. The second-order valence-electron chi connectivity index (χ2n) is 7.09. The molecule has 2 aromatic carbocycles. The summed E-state index contributed by atoms with van der Waals surface area (Å²) in [4.78, 5) is 8.31. The number of ether oxygens (including phenoxy) is 1. The average molecular weight is 494 g/mol. The zero-order valence-corrected chi connectivity index (χ0v) is 17.0. The standard InChI is InChI=1S/C22H15F9N2O/c23-19(24,20(25,26)21(27,28)22(29,30)31)11-12-34-16-13-32-17(14-7-3-1-4-8-14)18(33-16)15-9-5-2-6-10-15/h1-10,13H,11-12H2. The summed E-state index contributed by atoms with van der Waals surface area (Å²) in [7, 11) is 0. The van der Waals surface area contributed by atoms with Crippen LogP contribution in [0.1, 0.15) is 6.42 Å². The van der Waals surface area contributed by atoms with E-state index in [2.05, 4.69) is 9.97 Å². The lowest BCUT2D eigenvalue weighted by Gasteiger charge is -2.33. The maximum absolute atomic E-state index is 13.7. The van der Waals surface area contributed by atoms with Crippen LogP contribution in [0.2, 0.25) is 0 Å². The van der Waals surface area contributed by atoms with Gasteiger partial charge < -0.3 is 4.74 Å². The Hall–Kier alpha value is -3.31. The zero-order valence-electron chi connectivity index (χ0n) is 17.0. The molecule has 0 bridgehead atoms. The summed E-state index contributed by atoms with van der Waals surface area (Å²) in [5.41, 5.74) is 1.80. The number of nitrogens with zero attached hydrogens (tertiary/aromatic N) is 2. The number of benzene rings is 2. The van der Waals surface area contributed by atoms with E-state index in [0.29, 0.717) is 16.8 Å². The quantitative estimate of drug-likeness (QED) is 0.315. The molecule has 0 saturated carbocycles. The molecule has 1 aromatic heterocycles. The van der Waals surface area contributed by atoms with Crippen LogP contribution < -0.4 is 4.74 Å².